The lowest BCUT2D eigenvalue weighted by Gasteiger charge is -2.20. The summed E-state index contributed by atoms with van der Waals surface area (Å²) in [5.41, 5.74) is 6.67. The second-order valence-electron chi connectivity index (χ2n) is 7.68. The van der Waals surface area contributed by atoms with Crippen molar-refractivity contribution in [1.82, 2.24) is 9.97 Å². The highest BCUT2D eigenvalue weighted by atomic mass is 35.5. The van der Waals surface area contributed by atoms with Crippen molar-refractivity contribution in [1.29, 1.82) is 0 Å². The number of fused-ring (bicyclic) bond motifs is 2. The van der Waals surface area contributed by atoms with Gasteiger partial charge in [0.1, 0.15) is 10.6 Å². The van der Waals surface area contributed by atoms with Gasteiger partial charge in [-0.3, -0.25) is 0 Å². The summed E-state index contributed by atoms with van der Waals surface area (Å²) in [6.07, 6.45) is 4.96. The maximum atomic E-state index is 6.28. The molecule has 4 aromatic rings. The van der Waals surface area contributed by atoms with Crippen LogP contribution in [0.15, 0.2) is 53.9 Å². The van der Waals surface area contributed by atoms with Crippen molar-refractivity contribution in [3.8, 4) is 11.1 Å². The highest BCUT2D eigenvalue weighted by Crippen LogP contribution is 2.40. The highest BCUT2D eigenvalue weighted by Gasteiger charge is 2.19. The largest absolute Gasteiger partial charge is 0.355 e. The van der Waals surface area contributed by atoms with Crippen molar-refractivity contribution in [3.05, 3.63) is 75.9 Å². The molecule has 29 heavy (non-hydrogen) atoms. The van der Waals surface area contributed by atoms with Crippen LogP contribution in [0.2, 0.25) is 5.28 Å². The zero-order valence-electron chi connectivity index (χ0n) is 16.4. The van der Waals surface area contributed by atoms with Gasteiger partial charge in [0.2, 0.25) is 5.28 Å². The van der Waals surface area contributed by atoms with Crippen LogP contribution in [0.4, 0.5) is 5.82 Å². The molecule has 1 aliphatic carbocycles. The minimum Gasteiger partial charge on any atom is -0.355 e. The van der Waals surface area contributed by atoms with E-state index in [1.165, 1.54) is 53.5 Å². The van der Waals surface area contributed by atoms with E-state index in [-0.39, 0.29) is 0 Å². The fraction of sp³-hybridized carbons (Fsp3) is 0.250. The van der Waals surface area contributed by atoms with Gasteiger partial charge in [0, 0.05) is 24.5 Å². The van der Waals surface area contributed by atoms with E-state index in [0.717, 1.165) is 22.6 Å². The summed E-state index contributed by atoms with van der Waals surface area (Å²) >= 11 is 7.91. The van der Waals surface area contributed by atoms with E-state index in [0.29, 0.717) is 5.28 Å². The predicted molar refractivity (Wildman–Crippen MR) is 123 cm³/mol. The third-order valence-corrected chi connectivity index (χ3v) is 6.71. The maximum absolute atomic E-state index is 6.28. The number of nitrogens with zero attached hydrogens (tertiary/aromatic N) is 3. The third-order valence-electron chi connectivity index (χ3n) is 5.67. The lowest BCUT2D eigenvalue weighted by Crippen LogP contribution is -2.18. The minimum absolute atomic E-state index is 0.297. The van der Waals surface area contributed by atoms with E-state index in [2.05, 4.69) is 69.8 Å². The topological polar surface area (TPSA) is 29.0 Å². The van der Waals surface area contributed by atoms with Crippen molar-refractivity contribution < 1.29 is 0 Å². The molecule has 0 fully saturated rings. The van der Waals surface area contributed by atoms with E-state index in [1.807, 2.05) is 6.07 Å². The molecular formula is C24H22ClN3S. The molecule has 146 valence electrons. The van der Waals surface area contributed by atoms with Crippen LogP contribution >= 0.6 is 22.9 Å². The van der Waals surface area contributed by atoms with Crippen LogP contribution in [-0.2, 0) is 19.4 Å². The van der Waals surface area contributed by atoms with Gasteiger partial charge in [0.25, 0.3) is 0 Å². The standard InChI is InChI=1S/C24H22ClN3S/c1-28(14-16-7-3-2-4-8-16)22-21-20(15-29-23(21)27-24(25)26-22)19-12-11-17-9-5-6-10-18(17)13-19/h2-4,7-8,11-13,15H,5-6,9-10,14H2,1H3. The van der Waals surface area contributed by atoms with Crippen molar-refractivity contribution in [2.24, 2.45) is 0 Å². The molecule has 0 N–H and O–H groups in total. The molecule has 5 rings (SSSR count). The molecule has 0 saturated heterocycles. The van der Waals surface area contributed by atoms with Gasteiger partial charge < -0.3 is 4.90 Å². The van der Waals surface area contributed by atoms with Gasteiger partial charge in [0.15, 0.2) is 0 Å². The number of benzene rings is 2. The van der Waals surface area contributed by atoms with Gasteiger partial charge in [-0.05, 0) is 59.5 Å². The molecule has 0 aliphatic heterocycles. The molecule has 0 unspecified atom stereocenters. The maximum Gasteiger partial charge on any atom is 0.225 e. The van der Waals surface area contributed by atoms with Crippen molar-refractivity contribution in [3.63, 3.8) is 0 Å². The van der Waals surface area contributed by atoms with E-state index in [4.69, 9.17) is 11.6 Å². The molecule has 0 atom stereocenters. The Morgan fingerprint density at radius 1 is 1.00 bits per heavy atom. The Balaban J connectivity index is 1.61. The number of aromatic nitrogens is 2. The first-order valence-corrected chi connectivity index (χ1v) is 11.3. The summed E-state index contributed by atoms with van der Waals surface area (Å²) in [6.45, 7) is 0.767. The fourth-order valence-corrected chi connectivity index (χ4v) is 5.38. The molecule has 0 spiro atoms. The average Bonchev–Trinajstić information content (AvgIpc) is 3.17. The minimum atomic E-state index is 0.297. The van der Waals surface area contributed by atoms with Gasteiger partial charge in [-0.25, -0.2) is 4.98 Å². The zero-order valence-corrected chi connectivity index (χ0v) is 17.9. The van der Waals surface area contributed by atoms with Gasteiger partial charge >= 0.3 is 0 Å². The number of hydrogen-bond acceptors (Lipinski definition) is 4. The van der Waals surface area contributed by atoms with Gasteiger partial charge in [-0.1, -0.05) is 48.5 Å². The summed E-state index contributed by atoms with van der Waals surface area (Å²) in [4.78, 5) is 12.2. The van der Waals surface area contributed by atoms with Crippen LogP contribution in [-0.4, -0.2) is 17.0 Å². The lowest BCUT2D eigenvalue weighted by molar-refractivity contribution is 0.686. The molecule has 5 heteroatoms. The Morgan fingerprint density at radius 3 is 2.62 bits per heavy atom. The average molecular weight is 420 g/mol. The molecule has 2 heterocycles. The van der Waals surface area contributed by atoms with Crippen molar-refractivity contribution in [2.45, 2.75) is 32.2 Å². The Morgan fingerprint density at radius 2 is 1.79 bits per heavy atom. The van der Waals surface area contributed by atoms with Crippen molar-refractivity contribution in [2.75, 3.05) is 11.9 Å². The summed E-state index contributed by atoms with van der Waals surface area (Å²) in [6, 6.07) is 17.4. The number of hydrogen-bond donors (Lipinski definition) is 0. The molecule has 0 saturated carbocycles. The van der Waals surface area contributed by atoms with Crippen LogP contribution in [0.25, 0.3) is 21.3 Å². The van der Waals surface area contributed by atoms with Crippen LogP contribution in [0, 0.1) is 0 Å². The van der Waals surface area contributed by atoms with E-state index in [9.17, 15) is 0 Å². The number of rotatable bonds is 4. The Bertz CT molecular complexity index is 1170. The van der Waals surface area contributed by atoms with Crippen LogP contribution in [0.1, 0.15) is 29.5 Å². The zero-order chi connectivity index (χ0) is 19.8. The van der Waals surface area contributed by atoms with Gasteiger partial charge in [0.05, 0.1) is 5.39 Å². The van der Waals surface area contributed by atoms with E-state index >= 15 is 0 Å². The Hall–Kier alpha value is -2.43. The second-order valence-corrected chi connectivity index (χ2v) is 8.87. The van der Waals surface area contributed by atoms with Crippen LogP contribution < -0.4 is 4.90 Å². The normalized spacial score (nSPS) is 13.4. The van der Waals surface area contributed by atoms with Crippen LogP contribution in [0.5, 0.6) is 0 Å². The molecule has 1 aliphatic rings. The first kappa shape index (κ1) is 18.6. The SMILES string of the molecule is CN(Cc1ccccc1)c1nc(Cl)nc2scc(-c3ccc4c(c3)CCCC4)c12. The Kier molecular flexibility index (Phi) is 4.98. The highest BCUT2D eigenvalue weighted by molar-refractivity contribution is 7.17. The molecule has 0 amide bonds. The second kappa shape index (κ2) is 7.77. The summed E-state index contributed by atoms with van der Waals surface area (Å²) in [5, 5.41) is 3.58. The van der Waals surface area contributed by atoms with E-state index in [1.54, 1.807) is 11.3 Å². The molecule has 2 aromatic heterocycles. The summed E-state index contributed by atoms with van der Waals surface area (Å²) in [5.74, 6) is 0.887. The molecule has 0 bridgehead atoms. The molecular weight excluding hydrogens is 398 g/mol. The molecule has 2 aromatic carbocycles. The van der Waals surface area contributed by atoms with Gasteiger partial charge in [-0.15, -0.1) is 11.3 Å². The van der Waals surface area contributed by atoms with Crippen molar-refractivity contribution >= 4 is 39.0 Å². The lowest BCUT2D eigenvalue weighted by atomic mass is 9.89. The molecule has 3 nitrogen and oxygen atoms in total. The Labute approximate surface area is 180 Å². The number of anilines is 1. The van der Waals surface area contributed by atoms with Crippen LogP contribution in [0.3, 0.4) is 0 Å². The number of aryl methyl sites for hydroxylation is 2. The quantitative estimate of drug-likeness (QED) is 0.352. The van der Waals surface area contributed by atoms with Gasteiger partial charge in [-0.2, -0.15) is 4.98 Å². The number of halogens is 1. The number of thiophene rings is 1. The first-order chi connectivity index (χ1) is 14.2. The smallest absolute Gasteiger partial charge is 0.225 e. The monoisotopic (exact) mass is 419 g/mol. The first-order valence-electron chi connectivity index (χ1n) is 10.0. The summed E-state index contributed by atoms with van der Waals surface area (Å²) < 4.78 is 0. The summed E-state index contributed by atoms with van der Waals surface area (Å²) in [7, 11) is 2.07. The molecule has 0 radical (unpaired) electrons. The predicted octanol–water partition coefficient (Wildman–Crippen LogP) is 6.53. The van der Waals surface area contributed by atoms with E-state index < -0.39 is 0 Å². The fourth-order valence-electron chi connectivity index (χ4n) is 4.22. The third kappa shape index (κ3) is 3.63.